The molecule has 1 aliphatic heterocycles. The molecule has 1 fully saturated rings. The molecule has 1 aromatic rings. The molecule has 1 saturated heterocycles. The van der Waals surface area contributed by atoms with E-state index in [9.17, 15) is 14.4 Å². The second-order valence-corrected chi connectivity index (χ2v) is 6.64. The Morgan fingerprint density at radius 3 is 2.43 bits per heavy atom. The van der Waals surface area contributed by atoms with Crippen LogP contribution in [0.4, 0.5) is 4.79 Å². The number of imide groups is 1. The van der Waals surface area contributed by atoms with Gasteiger partial charge in [0.15, 0.2) is 0 Å². The minimum Gasteiger partial charge on any atom is -0.496 e. The summed E-state index contributed by atoms with van der Waals surface area (Å²) in [6, 6.07) is 4.78. The molecule has 1 heterocycles. The van der Waals surface area contributed by atoms with Gasteiger partial charge in [0.1, 0.15) is 17.8 Å². The van der Waals surface area contributed by atoms with Crippen molar-refractivity contribution in [2.45, 2.75) is 25.8 Å². The molecule has 0 aromatic heterocycles. The maximum atomic E-state index is 13.2. The minimum atomic E-state index is -1.20. The number of urea groups is 1. The van der Waals surface area contributed by atoms with Gasteiger partial charge in [-0.25, -0.2) is 4.79 Å². The first-order chi connectivity index (χ1) is 13.3. The number of aryl methyl sites for hydroxylation is 1. The maximum Gasteiger partial charge on any atom is 0.325 e. The van der Waals surface area contributed by atoms with E-state index in [1.807, 2.05) is 19.9 Å². The largest absolute Gasteiger partial charge is 0.496 e. The topological polar surface area (TPSA) is 79.0 Å². The first kappa shape index (κ1) is 21.2. The zero-order valence-corrected chi connectivity index (χ0v) is 16.7. The number of carbonyl (C=O) groups is 3. The first-order valence-corrected chi connectivity index (χ1v) is 9.13. The lowest BCUT2D eigenvalue weighted by Gasteiger charge is -2.27. The number of hydrogen-bond donors (Lipinski definition) is 1. The number of rotatable bonds is 9. The summed E-state index contributed by atoms with van der Waals surface area (Å²) in [5.41, 5.74) is 0.319. The summed E-state index contributed by atoms with van der Waals surface area (Å²) in [6.07, 6.45) is 3.53. The molecular weight excluding hydrogens is 358 g/mol. The molecular formula is C21H27N3O4. The van der Waals surface area contributed by atoms with E-state index in [0.717, 1.165) is 10.5 Å². The second-order valence-electron chi connectivity index (χ2n) is 6.64. The monoisotopic (exact) mass is 385 g/mol. The molecule has 7 heteroatoms. The van der Waals surface area contributed by atoms with Crippen LogP contribution in [-0.4, -0.2) is 54.4 Å². The molecule has 1 N–H and O–H groups in total. The summed E-state index contributed by atoms with van der Waals surface area (Å²) < 4.78 is 5.27. The van der Waals surface area contributed by atoms with E-state index in [0.29, 0.717) is 30.8 Å². The highest BCUT2D eigenvalue weighted by atomic mass is 16.5. The van der Waals surface area contributed by atoms with Crippen molar-refractivity contribution < 1.29 is 19.1 Å². The molecule has 0 radical (unpaired) electrons. The van der Waals surface area contributed by atoms with Crippen molar-refractivity contribution in [1.82, 2.24) is 15.1 Å². The number of nitrogens with one attached hydrogen (secondary N) is 1. The molecule has 28 heavy (non-hydrogen) atoms. The number of hydrogen-bond acceptors (Lipinski definition) is 4. The van der Waals surface area contributed by atoms with Crippen LogP contribution >= 0.6 is 0 Å². The van der Waals surface area contributed by atoms with Crippen LogP contribution in [-0.2, 0) is 15.1 Å². The van der Waals surface area contributed by atoms with Gasteiger partial charge in [0.2, 0.25) is 5.91 Å². The average molecular weight is 385 g/mol. The Balaban J connectivity index is 2.31. The van der Waals surface area contributed by atoms with Crippen LogP contribution in [0.25, 0.3) is 0 Å². The summed E-state index contributed by atoms with van der Waals surface area (Å²) in [5.74, 6) is -0.0838. The number of ether oxygens (including phenoxy) is 1. The minimum absolute atomic E-state index is 0.311. The van der Waals surface area contributed by atoms with Gasteiger partial charge in [-0.3, -0.25) is 14.5 Å². The predicted octanol–water partition coefficient (Wildman–Crippen LogP) is 2.36. The van der Waals surface area contributed by atoms with Crippen LogP contribution in [0, 0.1) is 6.92 Å². The second kappa shape index (κ2) is 8.73. The van der Waals surface area contributed by atoms with Gasteiger partial charge in [0.05, 0.1) is 7.11 Å². The lowest BCUT2D eigenvalue weighted by atomic mass is 9.86. The fourth-order valence-corrected chi connectivity index (χ4v) is 3.38. The van der Waals surface area contributed by atoms with E-state index < -0.39 is 17.5 Å². The number of amides is 4. The number of methoxy groups -OCH3 is 1. The van der Waals surface area contributed by atoms with Crippen LogP contribution in [0.3, 0.4) is 0 Å². The summed E-state index contributed by atoms with van der Waals surface area (Å²) >= 11 is 0. The normalized spacial score (nSPS) is 18.6. The summed E-state index contributed by atoms with van der Waals surface area (Å²) in [6.45, 7) is 11.2. The maximum absolute atomic E-state index is 13.2. The Bertz CT molecular complexity index is 795. The van der Waals surface area contributed by atoms with Crippen LogP contribution in [0.2, 0.25) is 0 Å². The molecule has 1 atom stereocenters. The standard InChI is InChI=1S/C21H27N3O4/c1-6-11-23(12-7-2)18(25)14-24-19(26)21(8-3,22-20(24)27)16-9-10-17(28-5)15(4)13-16/h6-7,9-10,13H,1-2,8,11-12,14H2,3-5H3,(H,22,27). The van der Waals surface area contributed by atoms with Crippen LogP contribution < -0.4 is 10.1 Å². The van der Waals surface area contributed by atoms with E-state index in [4.69, 9.17) is 4.74 Å². The van der Waals surface area contributed by atoms with Gasteiger partial charge in [0, 0.05) is 13.1 Å². The molecule has 2 rings (SSSR count). The zero-order chi connectivity index (χ0) is 20.9. The van der Waals surface area contributed by atoms with Crippen molar-refractivity contribution in [3.8, 4) is 5.75 Å². The van der Waals surface area contributed by atoms with Gasteiger partial charge in [-0.05, 0) is 36.6 Å². The molecule has 1 aliphatic rings. The van der Waals surface area contributed by atoms with E-state index in [2.05, 4.69) is 18.5 Å². The number of carbonyl (C=O) groups excluding carboxylic acids is 3. The molecule has 1 aromatic carbocycles. The van der Waals surface area contributed by atoms with E-state index in [-0.39, 0.29) is 12.5 Å². The molecule has 150 valence electrons. The van der Waals surface area contributed by atoms with Crippen LogP contribution in [0.5, 0.6) is 5.75 Å². The van der Waals surface area contributed by atoms with Gasteiger partial charge < -0.3 is 15.0 Å². The molecule has 1 unspecified atom stereocenters. The first-order valence-electron chi connectivity index (χ1n) is 9.13. The van der Waals surface area contributed by atoms with E-state index in [1.54, 1.807) is 31.4 Å². The Labute approximate surface area is 165 Å². The van der Waals surface area contributed by atoms with Gasteiger partial charge in [-0.1, -0.05) is 25.1 Å². The van der Waals surface area contributed by atoms with Gasteiger partial charge in [-0.2, -0.15) is 0 Å². The fraction of sp³-hybridized carbons (Fsp3) is 0.381. The van der Waals surface area contributed by atoms with Gasteiger partial charge >= 0.3 is 6.03 Å². The van der Waals surface area contributed by atoms with Crippen LogP contribution in [0.15, 0.2) is 43.5 Å². The van der Waals surface area contributed by atoms with Crippen molar-refractivity contribution in [3.63, 3.8) is 0 Å². The summed E-state index contributed by atoms with van der Waals surface area (Å²) in [7, 11) is 1.58. The predicted molar refractivity (Wildman–Crippen MR) is 107 cm³/mol. The molecule has 7 nitrogen and oxygen atoms in total. The Morgan fingerprint density at radius 2 is 1.93 bits per heavy atom. The lowest BCUT2D eigenvalue weighted by molar-refractivity contribution is -0.138. The summed E-state index contributed by atoms with van der Waals surface area (Å²) in [5, 5.41) is 2.79. The van der Waals surface area contributed by atoms with Crippen molar-refractivity contribution in [2.75, 3.05) is 26.7 Å². The Morgan fingerprint density at radius 1 is 1.29 bits per heavy atom. The molecule has 0 bridgehead atoms. The van der Waals surface area contributed by atoms with Crippen molar-refractivity contribution in [1.29, 1.82) is 0 Å². The number of benzene rings is 1. The molecule has 0 aliphatic carbocycles. The van der Waals surface area contributed by atoms with E-state index in [1.165, 1.54) is 4.90 Å². The highest BCUT2D eigenvalue weighted by molar-refractivity contribution is 6.09. The van der Waals surface area contributed by atoms with Gasteiger partial charge in [0.25, 0.3) is 5.91 Å². The molecule has 0 spiro atoms. The third kappa shape index (κ3) is 3.78. The summed E-state index contributed by atoms with van der Waals surface area (Å²) in [4.78, 5) is 40.8. The third-order valence-electron chi connectivity index (χ3n) is 4.94. The van der Waals surface area contributed by atoms with Crippen LogP contribution in [0.1, 0.15) is 24.5 Å². The van der Waals surface area contributed by atoms with Gasteiger partial charge in [-0.15, -0.1) is 13.2 Å². The fourth-order valence-electron chi connectivity index (χ4n) is 3.38. The Hall–Kier alpha value is -3.09. The Kier molecular flexibility index (Phi) is 6.62. The quantitative estimate of drug-likeness (QED) is 0.523. The van der Waals surface area contributed by atoms with Crippen molar-refractivity contribution in [2.24, 2.45) is 0 Å². The highest BCUT2D eigenvalue weighted by Crippen LogP contribution is 2.34. The molecule has 0 saturated carbocycles. The third-order valence-corrected chi connectivity index (χ3v) is 4.94. The zero-order valence-electron chi connectivity index (χ0n) is 16.7. The average Bonchev–Trinajstić information content (AvgIpc) is 2.92. The smallest absolute Gasteiger partial charge is 0.325 e. The SMILES string of the molecule is C=CCN(CC=C)C(=O)CN1C(=O)NC(CC)(c2ccc(OC)c(C)c2)C1=O. The van der Waals surface area contributed by atoms with Crippen molar-refractivity contribution >= 4 is 17.8 Å². The number of nitrogens with zero attached hydrogens (tertiary/aromatic N) is 2. The van der Waals surface area contributed by atoms with Crippen molar-refractivity contribution in [3.05, 3.63) is 54.6 Å². The van der Waals surface area contributed by atoms with E-state index >= 15 is 0 Å². The lowest BCUT2D eigenvalue weighted by Crippen LogP contribution is -2.45. The highest BCUT2D eigenvalue weighted by Gasteiger charge is 2.51. The molecule has 4 amide bonds.